The summed E-state index contributed by atoms with van der Waals surface area (Å²) in [5, 5.41) is 4.11. The molecule has 0 radical (unpaired) electrons. The van der Waals surface area contributed by atoms with Crippen molar-refractivity contribution in [3.63, 3.8) is 0 Å². The Kier molecular flexibility index (Phi) is 5.40. The van der Waals surface area contributed by atoms with Gasteiger partial charge < -0.3 is 14.0 Å². The second kappa shape index (κ2) is 8.13. The highest BCUT2D eigenvalue weighted by molar-refractivity contribution is 9.10. The molecular weight excluding hydrogens is 434 g/mol. The number of carbonyl (C=O) groups excluding carboxylic acids is 1. The van der Waals surface area contributed by atoms with Crippen LogP contribution >= 0.6 is 15.9 Å². The van der Waals surface area contributed by atoms with Crippen LogP contribution in [0.3, 0.4) is 0 Å². The third kappa shape index (κ3) is 4.05. The summed E-state index contributed by atoms with van der Waals surface area (Å²) in [6.07, 6.45) is 0.907. The van der Waals surface area contributed by atoms with Crippen LogP contribution in [0.4, 0.5) is 0 Å². The van der Waals surface area contributed by atoms with Crippen LogP contribution in [-0.2, 0) is 4.79 Å². The van der Waals surface area contributed by atoms with Crippen molar-refractivity contribution in [3.8, 4) is 17.2 Å². The second-order valence-corrected chi connectivity index (χ2v) is 7.65. The molecule has 29 heavy (non-hydrogen) atoms. The summed E-state index contributed by atoms with van der Waals surface area (Å²) in [7, 11) is 0. The fraction of sp³-hybridized carbons (Fsp3) is 0.182. The van der Waals surface area contributed by atoms with Crippen molar-refractivity contribution in [1.29, 1.82) is 0 Å². The van der Waals surface area contributed by atoms with Gasteiger partial charge in [0.2, 0.25) is 6.10 Å². The molecule has 0 unspecified atom stereocenters. The normalized spacial score (nSPS) is 15.5. The van der Waals surface area contributed by atoms with Gasteiger partial charge in [0.25, 0.3) is 5.91 Å². The highest BCUT2D eigenvalue weighted by Gasteiger charge is 2.27. The zero-order valence-corrected chi connectivity index (χ0v) is 17.6. The van der Waals surface area contributed by atoms with Gasteiger partial charge in [0, 0.05) is 27.1 Å². The molecule has 148 valence electrons. The van der Waals surface area contributed by atoms with E-state index in [1.54, 1.807) is 12.3 Å². The van der Waals surface area contributed by atoms with E-state index in [1.165, 1.54) is 0 Å². The van der Waals surface area contributed by atoms with E-state index in [0.717, 1.165) is 27.1 Å². The van der Waals surface area contributed by atoms with Crippen molar-refractivity contribution in [2.75, 3.05) is 6.61 Å². The molecule has 7 heteroatoms. The Morgan fingerprint density at radius 1 is 1.17 bits per heavy atom. The quantitative estimate of drug-likeness (QED) is 0.476. The molecule has 1 amide bonds. The van der Waals surface area contributed by atoms with Crippen LogP contribution in [0.1, 0.15) is 17.0 Å². The lowest BCUT2D eigenvalue weighted by molar-refractivity contribution is -0.130. The molecule has 0 aliphatic carbocycles. The first kappa shape index (κ1) is 19.3. The molecule has 0 fully saturated rings. The largest absolute Gasteiger partial charge is 0.485 e. The van der Waals surface area contributed by atoms with E-state index in [-0.39, 0.29) is 12.5 Å². The molecule has 0 saturated heterocycles. The summed E-state index contributed by atoms with van der Waals surface area (Å²) >= 11 is 3.46. The predicted octanol–water partition coefficient (Wildman–Crippen LogP) is 4.15. The van der Waals surface area contributed by atoms with Gasteiger partial charge in [-0.2, -0.15) is 5.10 Å². The molecule has 4 rings (SSSR count). The van der Waals surface area contributed by atoms with Gasteiger partial charge in [-0.25, -0.2) is 5.43 Å². The maximum absolute atomic E-state index is 12.4. The highest BCUT2D eigenvalue weighted by atomic mass is 79.9. The minimum atomic E-state index is -0.739. The summed E-state index contributed by atoms with van der Waals surface area (Å²) in [5.74, 6) is 0.846. The maximum Gasteiger partial charge on any atom is 0.284 e. The van der Waals surface area contributed by atoms with Gasteiger partial charge in [0.15, 0.2) is 11.5 Å². The molecule has 2 heterocycles. The van der Waals surface area contributed by atoms with Gasteiger partial charge in [-0.05, 0) is 56.3 Å². The van der Waals surface area contributed by atoms with E-state index in [0.29, 0.717) is 11.5 Å². The maximum atomic E-state index is 12.4. The number of hydrogen-bond donors (Lipinski definition) is 1. The first-order chi connectivity index (χ1) is 14.0. The fourth-order valence-electron chi connectivity index (χ4n) is 3.29. The number of hydrazone groups is 1. The van der Waals surface area contributed by atoms with Crippen molar-refractivity contribution in [2.45, 2.75) is 20.0 Å². The van der Waals surface area contributed by atoms with Crippen LogP contribution in [0, 0.1) is 13.8 Å². The Balaban J connectivity index is 1.44. The van der Waals surface area contributed by atoms with Gasteiger partial charge in [0.05, 0.1) is 6.21 Å². The van der Waals surface area contributed by atoms with Gasteiger partial charge in [-0.3, -0.25) is 4.79 Å². The number of hydrogen-bond acceptors (Lipinski definition) is 4. The predicted molar refractivity (Wildman–Crippen MR) is 115 cm³/mol. The average molecular weight is 454 g/mol. The first-order valence-corrected chi connectivity index (χ1v) is 9.98. The fourth-order valence-corrected chi connectivity index (χ4v) is 3.56. The molecule has 2 aromatic carbocycles. The molecule has 1 aromatic heterocycles. The lowest BCUT2D eigenvalue weighted by Gasteiger charge is -2.24. The number of fused-ring (bicyclic) bond motifs is 1. The molecule has 1 aliphatic rings. The Morgan fingerprint density at radius 3 is 2.66 bits per heavy atom. The average Bonchev–Trinajstić information content (AvgIpc) is 3.01. The van der Waals surface area contributed by atoms with Crippen LogP contribution < -0.4 is 14.9 Å². The van der Waals surface area contributed by atoms with E-state index in [4.69, 9.17) is 9.47 Å². The smallest absolute Gasteiger partial charge is 0.284 e. The zero-order chi connectivity index (χ0) is 20.4. The summed E-state index contributed by atoms with van der Waals surface area (Å²) < 4.78 is 14.4. The lowest BCUT2D eigenvalue weighted by atomic mass is 10.2. The van der Waals surface area contributed by atoms with Crippen molar-refractivity contribution >= 4 is 28.1 Å². The van der Waals surface area contributed by atoms with Gasteiger partial charge in [0.1, 0.15) is 6.61 Å². The van der Waals surface area contributed by atoms with Crippen molar-refractivity contribution in [2.24, 2.45) is 5.10 Å². The first-order valence-electron chi connectivity index (χ1n) is 9.19. The van der Waals surface area contributed by atoms with E-state index < -0.39 is 6.10 Å². The van der Waals surface area contributed by atoms with Crippen LogP contribution in [-0.4, -0.2) is 29.4 Å². The monoisotopic (exact) mass is 453 g/mol. The number of rotatable bonds is 4. The van der Waals surface area contributed by atoms with Crippen molar-refractivity contribution < 1.29 is 14.3 Å². The Morgan fingerprint density at radius 2 is 1.90 bits per heavy atom. The van der Waals surface area contributed by atoms with E-state index in [9.17, 15) is 4.79 Å². The third-order valence-corrected chi connectivity index (χ3v) is 5.26. The Hall–Kier alpha value is -3.06. The molecule has 1 aliphatic heterocycles. The van der Waals surface area contributed by atoms with Crippen molar-refractivity contribution in [3.05, 3.63) is 76.0 Å². The van der Waals surface area contributed by atoms with E-state index in [1.807, 2.05) is 62.4 Å². The van der Waals surface area contributed by atoms with E-state index >= 15 is 0 Å². The molecular formula is C22H20BrN3O3. The summed E-state index contributed by atoms with van der Waals surface area (Å²) in [6.45, 7) is 4.21. The summed E-state index contributed by atoms with van der Waals surface area (Å²) in [6, 6.07) is 17.4. The van der Waals surface area contributed by atoms with Gasteiger partial charge in [-0.1, -0.05) is 28.1 Å². The number of nitrogens with zero attached hydrogens (tertiary/aromatic N) is 2. The summed E-state index contributed by atoms with van der Waals surface area (Å²) in [5.41, 5.74) is 6.66. The van der Waals surface area contributed by atoms with Crippen LogP contribution in [0.15, 0.2) is 64.2 Å². The van der Waals surface area contributed by atoms with Crippen molar-refractivity contribution in [1.82, 2.24) is 9.99 Å². The highest BCUT2D eigenvalue weighted by Crippen LogP contribution is 2.30. The van der Waals surface area contributed by atoms with Gasteiger partial charge >= 0.3 is 0 Å². The van der Waals surface area contributed by atoms with E-state index in [2.05, 4.69) is 31.0 Å². The zero-order valence-electron chi connectivity index (χ0n) is 16.1. The minimum absolute atomic E-state index is 0.149. The van der Waals surface area contributed by atoms with Crippen LogP contribution in [0.25, 0.3) is 5.69 Å². The van der Waals surface area contributed by atoms with Crippen LogP contribution in [0.2, 0.25) is 0 Å². The van der Waals surface area contributed by atoms with Crippen LogP contribution in [0.5, 0.6) is 11.5 Å². The molecule has 1 N–H and O–H groups in total. The molecule has 0 spiro atoms. The molecule has 0 saturated carbocycles. The number of halogens is 1. The standard InChI is InChI=1S/C22H20BrN3O3/c1-14-11-16(15(2)26(14)18-9-7-17(23)8-10-18)12-24-25-22(27)21-13-28-19-5-3-4-6-20(19)29-21/h3-12,21H,13H2,1-2H3,(H,25,27)/b24-12-/t21-/m1/s1. The molecule has 3 aromatic rings. The molecule has 0 bridgehead atoms. The van der Waals surface area contributed by atoms with Gasteiger partial charge in [-0.15, -0.1) is 0 Å². The topological polar surface area (TPSA) is 64.8 Å². The number of aryl methyl sites for hydroxylation is 1. The number of ether oxygens (including phenoxy) is 2. The summed E-state index contributed by atoms with van der Waals surface area (Å²) in [4.78, 5) is 12.4. The second-order valence-electron chi connectivity index (χ2n) is 6.74. The Bertz CT molecular complexity index is 1070. The number of aromatic nitrogens is 1. The number of benzene rings is 2. The lowest BCUT2D eigenvalue weighted by Crippen LogP contribution is -2.42. The Labute approximate surface area is 177 Å². The SMILES string of the molecule is Cc1cc(/C=N\NC(=O)[C@H]2COc3ccccc3O2)c(C)n1-c1ccc(Br)cc1. The molecule has 6 nitrogen and oxygen atoms in total. The molecule has 1 atom stereocenters. The minimum Gasteiger partial charge on any atom is -0.485 e. The number of para-hydroxylation sites is 2. The third-order valence-electron chi connectivity index (χ3n) is 4.73. The number of amides is 1. The number of carbonyl (C=O) groups is 1. The number of nitrogens with one attached hydrogen (secondary N) is 1.